The van der Waals surface area contributed by atoms with Gasteiger partial charge >= 0.3 is 0 Å². The highest BCUT2D eigenvalue weighted by molar-refractivity contribution is 7.21. The van der Waals surface area contributed by atoms with Gasteiger partial charge in [-0.3, -0.25) is 9.59 Å². The molecule has 0 N–H and O–H groups in total. The lowest BCUT2D eigenvalue weighted by Gasteiger charge is -2.32. The molecular weight excluding hydrogens is 470 g/mol. The van der Waals surface area contributed by atoms with E-state index in [0.29, 0.717) is 30.0 Å². The number of carbonyl (C=O) groups is 2. The molecule has 0 spiro atoms. The fourth-order valence-corrected chi connectivity index (χ4v) is 6.12. The summed E-state index contributed by atoms with van der Waals surface area (Å²) in [5, 5.41) is 2.57. The lowest BCUT2D eigenvalue weighted by molar-refractivity contribution is 0.0893. The number of anilines is 2. The normalized spacial score (nSPS) is 15.8. The fraction of sp³-hybridized carbons (Fsp3) is 0.138. The molecule has 2 aliphatic heterocycles. The van der Waals surface area contributed by atoms with Crippen molar-refractivity contribution < 1.29 is 14.3 Å². The van der Waals surface area contributed by atoms with Crippen LogP contribution in [0.5, 0.6) is 0 Å². The van der Waals surface area contributed by atoms with E-state index in [-0.39, 0.29) is 11.8 Å². The lowest BCUT2D eigenvalue weighted by Crippen LogP contribution is -2.41. The number of hydrogen-bond donors (Lipinski definition) is 0. The van der Waals surface area contributed by atoms with Crippen molar-refractivity contribution >= 4 is 55.5 Å². The molecule has 1 saturated heterocycles. The molecule has 36 heavy (non-hydrogen) atoms. The highest BCUT2D eigenvalue weighted by Gasteiger charge is 2.35. The van der Waals surface area contributed by atoms with Crippen LogP contribution in [0.2, 0.25) is 0 Å². The summed E-state index contributed by atoms with van der Waals surface area (Å²) in [6.07, 6.45) is 0. The zero-order chi connectivity index (χ0) is 24.2. The number of fused-ring (bicyclic) bond motifs is 1. The quantitative estimate of drug-likeness (QED) is 0.301. The molecule has 7 rings (SSSR count). The molecule has 0 atom stereocenters. The van der Waals surface area contributed by atoms with Gasteiger partial charge in [-0.25, -0.2) is 9.88 Å². The number of aromatic nitrogens is 1. The van der Waals surface area contributed by atoms with Crippen LogP contribution in [0.15, 0.2) is 78.9 Å². The fourth-order valence-electron chi connectivity index (χ4n) is 5.14. The maximum atomic E-state index is 13.6. The minimum Gasteiger partial charge on any atom is -0.378 e. The van der Waals surface area contributed by atoms with Gasteiger partial charge in [0.05, 0.1) is 29.1 Å². The maximum Gasteiger partial charge on any atom is 0.265 e. The molecule has 7 heteroatoms. The second-order valence-electron chi connectivity index (χ2n) is 8.94. The zero-order valence-electron chi connectivity index (χ0n) is 19.3. The van der Waals surface area contributed by atoms with Crippen molar-refractivity contribution in [3.05, 3.63) is 90.0 Å². The van der Waals surface area contributed by atoms with Crippen molar-refractivity contribution in [2.24, 2.45) is 0 Å². The van der Waals surface area contributed by atoms with Crippen molar-refractivity contribution in [2.75, 3.05) is 36.1 Å². The third kappa shape index (κ3) is 3.24. The number of para-hydroxylation sites is 1. The Hall–Kier alpha value is -4.07. The van der Waals surface area contributed by atoms with Gasteiger partial charge in [0.2, 0.25) is 0 Å². The van der Waals surface area contributed by atoms with Crippen LogP contribution >= 0.6 is 11.3 Å². The molecular formula is C29H21N3O3S. The molecule has 0 saturated carbocycles. The summed E-state index contributed by atoms with van der Waals surface area (Å²) in [5.41, 5.74) is 4.60. The maximum absolute atomic E-state index is 13.6. The van der Waals surface area contributed by atoms with E-state index >= 15 is 0 Å². The molecule has 0 bridgehead atoms. The van der Waals surface area contributed by atoms with E-state index in [9.17, 15) is 9.59 Å². The van der Waals surface area contributed by atoms with Gasteiger partial charge in [0.25, 0.3) is 11.8 Å². The van der Waals surface area contributed by atoms with E-state index in [4.69, 9.17) is 9.72 Å². The number of ether oxygens (including phenoxy) is 1. The van der Waals surface area contributed by atoms with Gasteiger partial charge in [0, 0.05) is 46.2 Å². The predicted molar refractivity (Wildman–Crippen MR) is 143 cm³/mol. The number of carbonyl (C=O) groups excluding carboxylic acids is 2. The minimum absolute atomic E-state index is 0.301. The van der Waals surface area contributed by atoms with Crippen molar-refractivity contribution in [1.29, 1.82) is 0 Å². The highest BCUT2D eigenvalue weighted by atomic mass is 32.1. The third-order valence-electron chi connectivity index (χ3n) is 6.90. The van der Waals surface area contributed by atoms with Gasteiger partial charge in [-0.05, 0) is 54.6 Å². The Labute approximate surface area is 211 Å². The summed E-state index contributed by atoms with van der Waals surface area (Å²) in [5.74, 6) is -0.602. The van der Waals surface area contributed by atoms with E-state index in [2.05, 4.69) is 11.0 Å². The standard InChI is InChI=1S/C29H21N3O3S/c33-28-21-5-3-4-20-24(31-14-16-35-17-15-31)13-12-22(26(20)21)29(34)32(28)19-10-8-18(9-11-19)27-30-23-6-1-2-7-25(23)36-27/h1-13H,14-17H2. The van der Waals surface area contributed by atoms with Crippen LogP contribution in [0.3, 0.4) is 0 Å². The smallest absolute Gasteiger partial charge is 0.265 e. The predicted octanol–water partition coefficient (Wildman–Crippen LogP) is 5.75. The van der Waals surface area contributed by atoms with Crippen LogP contribution in [-0.2, 0) is 4.74 Å². The van der Waals surface area contributed by atoms with Gasteiger partial charge in [-0.15, -0.1) is 11.3 Å². The van der Waals surface area contributed by atoms with Gasteiger partial charge in [0.1, 0.15) is 5.01 Å². The Bertz CT molecular complexity index is 1610. The highest BCUT2D eigenvalue weighted by Crippen LogP contribution is 2.38. The van der Waals surface area contributed by atoms with Gasteiger partial charge in [-0.1, -0.05) is 24.3 Å². The Morgan fingerprint density at radius 3 is 2.31 bits per heavy atom. The Kier molecular flexibility index (Phi) is 4.87. The van der Waals surface area contributed by atoms with Crippen molar-refractivity contribution in [3.63, 3.8) is 0 Å². The summed E-state index contributed by atoms with van der Waals surface area (Å²) in [4.78, 5) is 35.5. The number of imide groups is 1. The second kappa shape index (κ2) is 8.26. The van der Waals surface area contributed by atoms with Crippen LogP contribution in [-0.4, -0.2) is 43.1 Å². The Morgan fingerprint density at radius 2 is 1.53 bits per heavy atom. The monoisotopic (exact) mass is 491 g/mol. The van der Waals surface area contributed by atoms with E-state index < -0.39 is 0 Å². The van der Waals surface area contributed by atoms with Crippen LogP contribution in [0, 0.1) is 0 Å². The second-order valence-corrected chi connectivity index (χ2v) is 9.97. The third-order valence-corrected chi connectivity index (χ3v) is 7.99. The van der Waals surface area contributed by atoms with Gasteiger partial charge in [0.15, 0.2) is 0 Å². The molecule has 3 heterocycles. The number of nitrogens with zero attached hydrogens (tertiary/aromatic N) is 3. The topological polar surface area (TPSA) is 62.7 Å². The largest absolute Gasteiger partial charge is 0.378 e. The first kappa shape index (κ1) is 21.2. The van der Waals surface area contributed by atoms with Gasteiger partial charge < -0.3 is 9.64 Å². The first-order chi connectivity index (χ1) is 17.7. The van der Waals surface area contributed by atoms with Crippen molar-refractivity contribution in [2.45, 2.75) is 0 Å². The molecule has 6 nitrogen and oxygen atoms in total. The Morgan fingerprint density at radius 1 is 0.778 bits per heavy atom. The Balaban J connectivity index is 1.27. The van der Waals surface area contributed by atoms with Crippen LogP contribution in [0.25, 0.3) is 31.6 Å². The summed E-state index contributed by atoms with van der Waals surface area (Å²) >= 11 is 1.62. The molecule has 0 aliphatic carbocycles. The molecule has 176 valence electrons. The SMILES string of the molecule is O=C1c2cccc3c(N4CCOCC4)ccc(c23)C(=O)N1c1ccc(-c2nc3ccccc3s2)cc1. The lowest BCUT2D eigenvalue weighted by atomic mass is 9.92. The molecule has 5 aromatic rings. The molecule has 1 fully saturated rings. The van der Waals surface area contributed by atoms with E-state index in [1.807, 2.05) is 72.8 Å². The number of amides is 2. The molecule has 0 unspecified atom stereocenters. The van der Waals surface area contributed by atoms with Crippen molar-refractivity contribution in [1.82, 2.24) is 4.98 Å². The van der Waals surface area contributed by atoms with E-state index in [0.717, 1.165) is 50.3 Å². The number of rotatable bonds is 3. The molecule has 2 amide bonds. The summed E-state index contributed by atoms with van der Waals surface area (Å²) < 4.78 is 6.63. The van der Waals surface area contributed by atoms with Gasteiger partial charge in [-0.2, -0.15) is 0 Å². The van der Waals surface area contributed by atoms with Crippen LogP contribution in [0.1, 0.15) is 20.7 Å². The summed E-state index contributed by atoms with van der Waals surface area (Å²) in [6.45, 7) is 2.91. The molecule has 1 aromatic heterocycles. The number of hydrogen-bond acceptors (Lipinski definition) is 6. The number of benzene rings is 4. The number of thiazole rings is 1. The first-order valence-electron chi connectivity index (χ1n) is 11.9. The average Bonchev–Trinajstić information content (AvgIpc) is 3.37. The van der Waals surface area contributed by atoms with Crippen LogP contribution in [0.4, 0.5) is 11.4 Å². The zero-order valence-corrected chi connectivity index (χ0v) is 20.1. The van der Waals surface area contributed by atoms with Crippen LogP contribution < -0.4 is 9.80 Å². The molecule has 4 aromatic carbocycles. The summed E-state index contributed by atoms with van der Waals surface area (Å²) in [6, 6.07) is 25.1. The minimum atomic E-state index is -0.301. The van der Waals surface area contributed by atoms with Crippen molar-refractivity contribution in [3.8, 4) is 10.6 Å². The number of morpholine rings is 1. The first-order valence-corrected chi connectivity index (χ1v) is 12.7. The molecule has 2 aliphatic rings. The molecule has 0 radical (unpaired) electrons. The van der Waals surface area contributed by atoms with E-state index in [1.54, 1.807) is 11.3 Å². The average molecular weight is 492 g/mol. The van der Waals surface area contributed by atoms with E-state index in [1.165, 1.54) is 4.90 Å². The summed E-state index contributed by atoms with van der Waals surface area (Å²) in [7, 11) is 0.